The molecule has 0 saturated heterocycles. The van der Waals surface area contributed by atoms with Gasteiger partial charge in [0.15, 0.2) is 5.96 Å². The third-order valence-electron chi connectivity index (χ3n) is 3.58. The third-order valence-corrected chi connectivity index (χ3v) is 4.52. The van der Waals surface area contributed by atoms with Crippen molar-refractivity contribution in [2.45, 2.75) is 64.5 Å². The van der Waals surface area contributed by atoms with Crippen molar-refractivity contribution in [2.75, 3.05) is 6.54 Å². The van der Waals surface area contributed by atoms with Gasteiger partial charge in [0.05, 0.1) is 0 Å². The topological polar surface area (TPSA) is 36.4 Å². The zero-order valence-electron chi connectivity index (χ0n) is 13.1. The Labute approximate surface area is 150 Å². The highest BCUT2D eigenvalue weighted by Crippen LogP contribution is 2.17. The molecule has 1 aliphatic rings. The number of nitrogens with zero attached hydrogens (tertiary/aromatic N) is 1. The van der Waals surface area contributed by atoms with Gasteiger partial charge in [-0.1, -0.05) is 25.3 Å². The minimum atomic E-state index is 0. The van der Waals surface area contributed by atoms with Gasteiger partial charge in [0, 0.05) is 29.9 Å². The van der Waals surface area contributed by atoms with Gasteiger partial charge in [-0.2, -0.15) is 0 Å². The largest absolute Gasteiger partial charge is 0.354 e. The first-order valence-electron chi connectivity index (χ1n) is 7.84. The van der Waals surface area contributed by atoms with Crippen molar-refractivity contribution >= 4 is 41.3 Å². The Balaban J connectivity index is 0.00000220. The van der Waals surface area contributed by atoms with E-state index in [1.54, 1.807) is 0 Å². The second-order valence-electron chi connectivity index (χ2n) is 5.84. The lowest BCUT2D eigenvalue weighted by atomic mass is 9.96. The summed E-state index contributed by atoms with van der Waals surface area (Å²) in [4.78, 5) is 6.15. The summed E-state index contributed by atoms with van der Waals surface area (Å²) in [6.07, 6.45) is 7.69. The monoisotopic (exact) mass is 421 g/mol. The molecule has 1 aromatic rings. The zero-order chi connectivity index (χ0) is 14.2. The predicted molar refractivity (Wildman–Crippen MR) is 104 cm³/mol. The van der Waals surface area contributed by atoms with E-state index in [0.717, 1.165) is 18.9 Å². The quantitative estimate of drug-likeness (QED) is 0.425. The molecule has 5 heteroatoms. The van der Waals surface area contributed by atoms with Crippen LogP contribution in [0.1, 0.15) is 50.8 Å². The molecule has 0 aliphatic heterocycles. The van der Waals surface area contributed by atoms with Crippen molar-refractivity contribution in [3.63, 3.8) is 0 Å². The summed E-state index contributed by atoms with van der Waals surface area (Å²) in [5.74, 6) is 0.989. The maximum atomic E-state index is 4.73. The maximum Gasteiger partial charge on any atom is 0.191 e. The number of nitrogens with one attached hydrogen (secondary N) is 2. The lowest BCUT2D eigenvalue weighted by molar-refractivity contribution is 0.408. The van der Waals surface area contributed by atoms with Crippen molar-refractivity contribution in [3.8, 4) is 0 Å². The van der Waals surface area contributed by atoms with Crippen LogP contribution < -0.4 is 10.6 Å². The Hall–Kier alpha value is -0.300. The number of aliphatic imine (C=N–C) groups is 1. The molecule has 21 heavy (non-hydrogen) atoms. The van der Waals surface area contributed by atoms with Gasteiger partial charge in [-0.3, -0.25) is 4.99 Å². The minimum Gasteiger partial charge on any atom is -0.354 e. The molecule has 0 atom stereocenters. The first-order chi connectivity index (χ1) is 9.74. The molecular formula is C16H28IN3S. The molecule has 2 N–H and O–H groups in total. The summed E-state index contributed by atoms with van der Waals surface area (Å²) in [7, 11) is 0. The highest BCUT2D eigenvalue weighted by atomic mass is 127. The smallest absolute Gasteiger partial charge is 0.191 e. The Morgan fingerprint density at radius 3 is 2.71 bits per heavy atom. The zero-order valence-corrected chi connectivity index (χ0v) is 16.2. The van der Waals surface area contributed by atoms with Crippen LogP contribution in [-0.4, -0.2) is 24.6 Å². The maximum absolute atomic E-state index is 4.73. The highest BCUT2D eigenvalue weighted by Gasteiger charge is 2.14. The van der Waals surface area contributed by atoms with Crippen LogP contribution in [0.25, 0.3) is 0 Å². The van der Waals surface area contributed by atoms with Gasteiger partial charge in [0.2, 0.25) is 0 Å². The summed E-state index contributed by atoms with van der Waals surface area (Å²) in [5.41, 5.74) is 0. The van der Waals surface area contributed by atoms with Crippen LogP contribution in [0, 0.1) is 0 Å². The molecule has 120 valence electrons. The van der Waals surface area contributed by atoms with Crippen LogP contribution in [0.2, 0.25) is 0 Å². The number of hydrogen-bond acceptors (Lipinski definition) is 2. The van der Waals surface area contributed by atoms with Gasteiger partial charge in [0.1, 0.15) is 0 Å². The number of halogens is 1. The lowest BCUT2D eigenvalue weighted by Crippen LogP contribution is -2.46. The van der Waals surface area contributed by atoms with E-state index in [-0.39, 0.29) is 24.0 Å². The van der Waals surface area contributed by atoms with Gasteiger partial charge in [0.25, 0.3) is 0 Å². The van der Waals surface area contributed by atoms with Crippen molar-refractivity contribution in [3.05, 3.63) is 22.4 Å². The molecule has 0 radical (unpaired) electrons. The Morgan fingerprint density at radius 1 is 1.33 bits per heavy atom. The van der Waals surface area contributed by atoms with Crippen LogP contribution in [0.15, 0.2) is 22.5 Å². The average molecular weight is 421 g/mol. The van der Waals surface area contributed by atoms with Crippen LogP contribution in [0.4, 0.5) is 0 Å². The second kappa shape index (κ2) is 10.4. The SMILES string of the molecule is CC(C)NC(=NCCc1cccs1)NC1CCCCC1.I. The molecule has 0 amide bonds. The van der Waals surface area contributed by atoms with E-state index < -0.39 is 0 Å². The molecule has 0 spiro atoms. The van der Waals surface area contributed by atoms with Gasteiger partial charge < -0.3 is 10.6 Å². The molecule has 2 rings (SSSR count). The van der Waals surface area contributed by atoms with E-state index in [1.165, 1.54) is 37.0 Å². The molecule has 1 fully saturated rings. The van der Waals surface area contributed by atoms with E-state index in [9.17, 15) is 0 Å². The summed E-state index contributed by atoms with van der Waals surface area (Å²) in [6, 6.07) is 5.32. The number of rotatable bonds is 5. The average Bonchev–Trinajstić information content (AvgIpc) is 2.92. The number of guanidine groups is 1. The van der Waals surface area contributed by atoms with E-state index in [4.69, 9.17) is 4.99 Å². The van der Waals surface area contributed by atoms with E-state index in [1.807, 2.05) is 11.3 Å². The molecule has 0 aromatic carbocycles. The Morgan fingerprint density at radius 2 is 2.10 bits per heavy atom. The molecular weight excluding hydrogens is 393 g/mol. The first-order valence-corrected chi connectivity index (χ1v) is 8.72. The molecule has 1 saturated carbocycles. The molecule has 1 aromatic heterocycles. The third kappa shape index (κ3) is 7.49. The van der Waals surface area contributed by atoms with Gasteiger partial charge in [-0.15, -0.1) is 35.3 Å². The van der Waals surface area contributed by atoms with Crippen molar-refractivity contribution in [1.29, 1.82) is 0 Å². The fourth-order valence-electron chi connectivity index (χ4n) is 2.58. The van der Waals surface area contributed by atoms with Gasteiger partial charge in [-0.25, -0.2) is 0 Å². The summed E-state index contributed by atoms with van der Waals surface area (Å²) >= 11 is 1.81. The van der Waals surface area contributed by atoms with Crippen LogP contribution in [0.5, 0.6) is 0 Å². The fraction of sp³-hybridized carbons (Fsp3) is 0.688. The van der Waals surface area contributed by atoms with Crippen LogP contribution in [0.3, 0.4) is 0 Å². The summed E-state index contributed by atoms with van der Waals surface area (Å²) in [6.45, 7) is 5.18. The van der Waals surface area contributed by atoms with E-state index in [0.29, 0.717) is 12.1 Å². The molecule has 0 bridgehead atoms. The molecule has 1 heterocycles. The standard InChI is InChI=1S/C16H27N3S.HI/c1-13(2)18-16(19-14-7-4-3-5-8-14)17-11-10-15-9-6-12-20-15;/h6,9,12-14H,3-5,7-8,10-11H2,1-2H3,(H2,17,18,19);1H. The minimum absolute atomic E-state index is 0. The highest BCUT2D eigenvalue weighted by molar-refractivity contribution is 14.0. The van der Waals surface area contributed by atoms with Crippen LogP contribution >= 0.6 is 35.3 Å². The molecule has 0 unspecified atom stereocenters. The van der Waals surface area contributed by atoms with E-state index in [2.05, 4.69) is 42.0 Å². The molecule has 1 aliphatic carbocycles. The molecule has 3 nitrogen and oxygen atoms in total. The van der Waals surface area contributed by atoms with Crippen molar-refractivity contribution in [1.82, 2.24) is 10.6 Å². The van der Waals surface area contributed by atoms with Crippen molar-refractivity contribution in [2.24, 2.45) is 4.99 Å². The predicted octanol–water partition coefficient (Wildman–Crippen LogP) is 4.18. The summed E-state index contributed by atoms with van der Waals surface area (Å²) in [5, 5.41) is 9.19. The van der Waals surface area contributed by atoms with E-state index >= 15 is 0 Å². The lowest BCUT2D eigenvalue weighted by Gasteiger charge is -2.26. The Kier molecular flexibility index (Phi) is 9.31. The van der Waals surface area contributed by atoms with Gasteiger partial charge >= 0.3 is 0 Å². The van der Waals surface area contributed by atoms with Crippen molar-refractivity contribution < 1.29 is 0 Å². The normalized spacial score (nSPS) is 16.6. The van der Waals surface area contributed by atoms with Crippen LogP contribution in [-0.2, 0) is 6.42 Å². The second-order valence-corrected chi connectivity index (χ2v) is 6.87. The number of thiophene rings is 1. The fourth-order valence-corrected chi connectivity index (χ4v) is 3.28. The first kappa shape index (κ1) is 18.7. The Bertz CT molecular complexity index is 398. The number of hydrogen-bond donors (Lipinski definition) is 2. The summed E-state index contributed by atoms with van der Waals surface area (Å²) < 4.78 is 0. The van der Waals surface area contributed by atoms with Gasteiger partial charge in [-0.05, 0) is 38.1 Å².